The highest BCUT2D eigenvalue weighted by atomic mass is 35.5. The summed E-state index contributed by atoms with van der Waals surface area (Å²) in [6.07, 6.45) is 0. The Bertz CT molecular complexity index is 318. The van der Waals surface area contributed by atoms with Gasteiger partial charge in [0.25, 0.3) is 0 Å². The van der Waals surface area contributed by atoms with E-state index in [1.54, 1.807) is 6.92 Å². The number of benzene rings is 1. The van der Waals surface area contributed by atoms with Crippen LogP contribution in [-0.2, 0) is 15.1 Å². The standard InChI is InChI=1S/C10H14N2O2.ClH/c1-10(12-11,9(13)14-2)8-6-4-3-5-7-8;/h3-7,12H,11H2,1-2H3;1H/t10-;/m1./s1. The molecule has 15 heavy (non-hydrogen) atoms. The van der Waals surface area contributed by atoms with Crippen LogP contribution in [0.15, 0.2) is 30.3 Å². The molecule has 0 aliphatic carbocycles. The van der Waals surface area contributed by atoms with Crippen LogP contribution in [0.2, 0.25) is 0 Å². The molecule has 0 heterocycles. The van der Waals surface area contributed by atoms with E-state index in [0.717, 1.165) is 5.56 Å². The summed E-state index contributed by atoms with van der Waals surface area (Å²) >= 11 is 0. The largest absolute Gasteiger partial charge is 0.467 e. The second kappa shape index (κ2) is 5.70. The minimum absolute atomic E-state index is 0. The molecule has 1 rings (SSSR count). The maximum absolute atomic E-state index is 11.5. The van der Waals surface area contributed by atoms with Crippen molar-refractivity contribution in [3.63, 3.8) is 0 Å². The highest BCUT2D eigenvalue weighted by Crippen LogP contribution is 2.20. The smallest absolute Gasteiger partial charge is 0.331 e. The number of esters is 1. The molecule has 0 amide bonds. The molecule has 0 bridgehead atoms. The Morgan fingerprint density at radius 3 is 2.33 bits per heavy atom. The van der Waals surface area contributed by atoms with E-state index in [9.17, 15) is 4.79 Å². The molecule has 0 saturated heterocycles. The van der Waals surface area contributed by atoms with Gasteiger partial charge in [-0.3, -0.25) is 5.84 Å². The van der Waals surface area contributed by atoms with E-state index in [1.807, 2.05) is 30.3 Å². The van der Waals surface area contributed by atoms with Crippen molar-refractivity contribution in [2.75, 3.05) is 7.11 Å². The first-order valence-electron chi connectivity index (χ1n) is 4.27. The third-order valence-corrected chi connectivity index (χ3v) is 2.23. The van der Waals surface area contributed by atoms with Gasteiger partial charge < -0.3 is 4.74 Å². The fourth-order valence-corrected chi connectivity index (χ4v) is 1.24. The SMILES string of the molecule is COC(=O)[C@](C)(NN)c1ccccc1.Cl. The number of nitrogens with two attached hydrogens (primary N) is 1. The number of hydrogen-bond acceptors (Lipinski definition) is 4. The highest BCUT2D eigenvalue weighted by Gasteiger charge is 2.34. The van der Waals surface area contributed by atoms with E-state index < -0.39 is 11.5 Å². The van der Waals surface area contributed by atoms with Crippen molar-refractivity contribution >= 4 is 18.4 Å². The normalized spacial score (nSPS) is 13.5. The summed E-state index contributed by atoms with van der Waals surface area (Å²) in [6, 6.07) is 9.19. The number of hydrogen-bond donors (Lipinski definition) is 2. The first-order valence-corrected chi connectivity index (χ1v) is 4.27. The zero-order valence-electron chi connectivity index (χ0n) is 8.69. The second-order valence-corrected chi connectivity index (χ2v) is 3.13. The van der Waals surface area contributed by atoms with Gasteiger partial charge in [-0.2, -0.15) is 0 Å². The van der Waals surface area contributed by atoms with Gasteiger partial charge in [-0.05, 0) is 12.5 Å². The zero-order chi connectivity index (χ0) is 10.6. The fourth-order valence-electron chi connectivity index (χ4n) is 1.24. The third kappa shape index (κ3) is 2.68. The lowest BCUT2D eigenvalue weighted by Gasteiger charge is -2.25. The van der Waals surface area contributed by atoms with Crippen LogP contribution < -0.4 is 11.3 Å². The van der Waals surface area contributed by atoms with Gasteiger partial charge in [0.1, 0.15) is 0 Å². The summed E-state index contributed by atoms with van der Waals surface area (Å²) < 4.78 is 4.68. The van der Waals surface area contributed by atoms with E-state index in [2.05, 4.69) is 10.2 Å². The van der Waals surface area contributed by atoms with Crippen LogP contribution in [0.5, 0.6) is 0 Å². The molecule has 0 aliphatic rings. The average Bonchev–Trinajstić information content (AvgIpc) is 2.28. The number of methoxy groups -OCH3 is 1. The summed E-state index contributed by atoms with van der Waals surface area (Å²) in [5.41, 5.74) is 2.25. The van der Waals surface area contributed by atoms with Crippen molar-refractivity contribution in [1.29, 1.82) is 0 Å². The predicted octanol–water partition coefficient (Wildman–Crippen LogP) is 0.960. The van der Waals surface area contributed by atoms with Gasteiger partial charge in [-0.25, -0.2) is 10.2 Å². The predicted molar refractivity (Wildman–Crippen MR) is 60.4 cm³/mol. The van der Waals surface area contributed by atoms with Crippen LogP contribution in [0.1, 0.15) is 12.5 Å². The fraction of sp³-hybridized carbons (Fsp3) is 0.300. The Labute approximate surface area is 95.2 Å². The van der Waals surface area contributed by atoms with E-state index in [-0.39, 0.29) is 12.4 Å². The van der Waals surface area contributed by atoms with Gasteiger partial charge >= 0.3 is 5.97 Å². The quantitative estimate of drug-likeness (QED) is 0.461. The summed E-state index contributed by atoms with van der Waals surface area (Å²) in [4.78, 5) is 11.5. The molecule has 0 aliphatic heterocycles. The molecule has 4 nitrogen and oxygen atoms in total. The lowest BCUT2D eigenvalue weighted by molar-refractivity contribution is -0.148. The molecule has 0 saturated carbocycles. The van der Waals surface area contributed by atoms with Crippen LogP contribution in [0, 0.1) is 0 Å². The minimum atomic E-state index is -0.990. The Hall–Kier alpha value is -1.10. The van der Waals surface area contributed by atoms with Crippen molar-refractivity contribution in [3.8, 4) is 0 Å². The summed E-state index contributed by atoms with van der Waals surface area (Å²) in [7, 11) is 1.33. The maximum atomic E-state index is 11.5. The van der Waals surface area contributed by atoms with E-state index in [4.69, 9.17) is 5.84 Å². The molecule has 5 heteroatoms. The molecule has 3 N–H and O–H groups in total. The number of halogens is 1. The van der Waals surface area contributed by atoms with E-state index in [1.165, 1.54) is 7.11 Å². The van der Waals surface area contributed by atoms with Crippen LogP contribution in [0.25, 0.3) is 0 Å². The molecule has 0 fully saturated rings. The third-order valence-electron chi connectivity index (χ3n) is 2.23. The molecule has 0 radical (unpaired) electrons. The molecule has 0 spiro atoms. The lowest BCUT2D eigenvalue weighted by atomic mass is 9.93. The number of carbonyl (C=O) groups excluding carboxylic acids is 1. The monoisotopic (exact) mass is 230 g/mol. The minimum Gasteiger partial charge on any atom is -0.467 e. The molecule has 1 atom stereocenters. The van der Waals surface area contributed by atoms with E-state index >= 15 is 0 Å². The molecular weight excluding hydrogens is 216 g/mol. The Balaban J connectivity index is 0.00000196. The molecule has 84 valence electrons. The van der Waals surface area contributed by atoms with Crippen LogP contribution >= 0.6 is 12.4 Å². The van der Waals surface area contributed by atoms with Gasteiger partial charge in [0, 0.05) is 0 Å². The number of ether oxygens (including phenoxy) is 1. The van der Waals surface area contributed by atoms with Crippen molar-refractivity contribution in [3.05, 3.63) is 35.9 Å². The van der Waals surface area contributed by atoms with Crippen molar-refractivity contribution < 1.29 is 9.53 Å². The number of nitrogens with one attached hydrogen (secondary N) is 1. The topological polar surface area (TPSA) is 64.3 Å². The Morgan fingerprint density at radius 2 is 1.93 bits per heavy atom. The van der Waals surface area contributed by atoms with Crippen molar-refractivity contribution in [2.45, 2.75) is 12.5 Å². The molecule has 0 unspecified atom stereocenters. The number of carbonyl (C=O) groups is 1. The molecule has 0 aromatic heterocycles. The maximum Gasteiger partial charge on any atom is 0.331 e. The number of hydrazine groups is 1. The molecular formula is C10H15ClN2O2. The van der Waals surface area contributed by atoms with Crippen LogP contribution in [0.4, 0.5) is 0 Å². The molecule has 1 aromatic carbocycles. The first kappa shape index (κ1) is 13.9. The Kier molecular flexibility index (Phi) is 5.28. The zero-order valence-corrected chi connectivity index (χ0v) is 9.51. The second-order valence-electron chi connectivity index (χ2n) is 3.13. The van der Waals surface area contributed by atoms with Gasteiger partial charge in [-0.15, -0.1) is 12.4 Å². The average molecular weight is 231 g/mol. The van der Waals surface area contributed by atoms with E-state index in [0.29, 0.717) is 0 Å². The highest BCUT2D eigenvalue weighted by molar-refractivity contribution is 5.85. The lowest BCUT2D eigenvalue weighted by Crippen LogP contribution is -2.50. The van der Waals surface area contributed by atoms with Gasteiger partial charge in [-0.1, -0.05) is 30.3 Å². The van der Waals surface area contributed by atoms with Crippen LogP contribution in [-0.4, -0.2) is 13.1 Å². The van der Waals surface area contributed by atoms with Crippen molar-refractivity contribution in [1.82, 2.24) is 5.43 Å². The van der Waals surface area contributed by atoms with Crippen LogP contribution in [0.3, 0.4) is 0 Å². The summed E-state index contributed by atoms with van der Waals surface area (Å²) in [5.74, 6) is 4.95. The summed E-state index contributed by atoms with van der Waals surface area (Å²) in [5, 5.41) is 0. The van der Waals surface area contributed by atoms with Gasteiger partial charge in [0.2, 0.25) is 0 Å². The van der Waals surface area contributed by atoms with Crippen molar-refractivity contribution in [2.24, 2.45) is 5.84 Å². The Morgan fingerprint density at radius 1 is 1.40 bits per heavy atom. The number of rotatable bonds is 3. The van der Waals surface area contributed by atoms with Gasteiger partial charge in [0.15, 0.2) is 5.54 Å². The van der Waals surface area contributed by atoms with Gasteiger partial charge in [0.05, 0.1) is 7.11 Å². The molecule has 1 aromatic rings. The first-order chi connectivity index (χ1) is 6.65. The summed E-state index contributed by atoms with van der Waals surface area (Å²) in [6.45, 7) is 1.67.